The minimum absolute atomic E-state index is 0.0390. The molecule has 0 unspecified atom stereocenters. The van der Waals surface area contributed by atoms with Gasteiger partial charge in [0.2, 0.25) is 0 Å². The van der Waals surface area contributed by atoms with Gasteiger partial charge in [-0.3, -0.25) is 4.79 Å². The lowest BCUT2D eigenvalue weighted by Gasteiger charge is -2.17. The number of hydrogen-bond acceptors (Lipinski definition) is 3. The van der Waals surface area contributed by atoms with Gasteiger partial charge in [0.25, 0.3) is 0 Å². The quantitative estimate of drug-likeness (QED) is 0.861. The molecule has 2 rings (SSSR count). The molecule has 0 saturated heterocycles. The average Bonchev–Trinajstić information content (AvgIpc) is 3.10. The molecule has 1 N–H and O–H groups in total. The molecule has 0 radical (unpaired) electrons. The molecular formula is C14H17FO4. The first-order valence-electron chi connectivity index (χ1n) is 6.10. The summed E-state index contributed by atoms with van der Waals surface area (Å²) < 4.78 is 24.3. The summed E-state index contributed by atoms with van der Waals surface area (Å²) in [6.07, 6.45) is 1.37. The van der Waals surface area contributed by atoms with Gasteiger partial charge in [0, 0.05) is 24.2 Å². The molecule has 1 aliphatic carbocycles. The molecule has 0 aliphatic heterocycles. The number of carboxylic acids is 1. The highest BCUT2D eigenvalue weighted by molar-refractivity contribution is 5.70. The molecule has 0 atom stereocenters. The zero-order valence-electron chi connectivity index (χ0n) is 11.0. The number of carboxylic acid groups (broad SMARTS) is 1. The zero-order chi connectivity index (χ0) is 14.0. The van der Waals surface area contributed by atoms with Crippen LogP contribution in [0.1, 0.15) is 30.4 Å². The molecule has 4 nitrogen and oxygen atoms in total. The lowest BCUT2D eigenvalue weighted by molar-refractivity contribution is -0.137. The number of ether oxygens (including phenoxy) is 2. The molecule has 0 amide bonds. The Balaban J connectivity index is 2.40. The van der Waals surface area contributed by atoms with E-state index in [9.17, 15) is 9.18 Å². The maximum Gasteiger partial charge on any atom is 0.304 e. The van der Waals surface area contributed by atoms with Crippen LogP contribution in [0, 0.1) is 5.82 Å². The predicted molar refractivity (Wildman–Crippen MR) is 66.8 cm³/mol. The van der Waals surface area contributed by atoms with Crippen LogP contribution in [0.2, 0.25) is 0 Å². The fourth-order valence-electron chi connectivity index (χ4n) is 2.45. The Hall–Kier alpha value is -1.62. The maximum absolute atomic E-state index is 14.1. The minimum atomic E-state index is -0.902. The van der Waals surface area contributed by atoms with Gasteiger partial charge < -0.3 is 14.6 Å². The lowest BCUT2D eigenvalue weighted by atomic mass is 9.90. The van der Waals surface area contributed by atoms with Crippen molar-refractivity contribution in [1.29, 1.82) is 0 Å². The van der Waals surface area contributed by atoms with Crippen LogP contribution in [0.4, 0.5) is 4.39 Å². The van der Waals surface area contributed by atoms with E-state index in [2.05, 4.69) is 0 Å². The van der Waals surface area contributed by atoms with Gasteiger partial charge >= 0.3 is 5.97 Å². The van der Waals surface area contributed by atoms with Gasteiger partial charge in [0.15, 0.2) is 0 Å². The second kappa shape index (κ2) is 5.17. The fourth-order valence-corrected chi connectivity index (χ4v) is 2.45. The molecule has 1 aromatic rings. The molecule has 19 heavy (non-hydrogen) atoms. The molecule has 1 saturated carbocycles. The minimum Gasteiger partial charge on any atom is -0.496 e. The van der Waals surface area contributed by atoms with Crippen LogP contribution >= 0.6 is 0 Å². The predicted octanol–water partition coefficient (Wildman–Crippen LogP) is 2.49. The summed E-state index contributed by atoms with van der Waals surface area (Å²) in [5.74, 6) is -0.884. The highest BCUT2D eigenvalue weighted by Crippen LogP contribution is 2.52. The third-order valence-corrected chi connectivity index (χ3v) is 3.58. The maximum atomic E-state index is 14.1. The number of carbonyl (C=O) groups is 1. The van der Waals surface area contributed by atoms with Crippen LogP contribution in [-0.4, -0.2) is 25.3 Å². The van der Waals surface area contributed by atoms with E-state index in [1.807, 2.05) is 0 Å². The summed E-state index contributed by atoms with van der Waals surface area (Å²) in [6.45, 7) is 0.305. The summed E-state index contributed by atoms with van der Waals surface area (Å²) in [7, 11) is 3.02. The standard InChI is InChI=1S/C14H17FO4/c1-18-8-9-5-10(11(15)6-12(9)19-2)14(3-4-14)7-13(16)17/h5-6H,3-4,7-8H2,1-2H3,(H,16,17). The largest absolute Gasteiger partial charge is 0.496 e. The number of halogens is 1. The molecule has 0 bridgehead atoms. The van der Waals surface area contributed by atoms with E-state index >= 15 is 0 Å². The summed E-state index contributed by atoms with van der Waals surface area (Å²) in [4.78, 5) is 10.9. The summed E-state index contributed by atoms with van der Waals surface area (Å²) >= 11 is 0. The molecule has 0 spiro atoms. The average molecular weight is 268 g/mol. The first kappa shape index (κ1) is 13.8. The van der Waals surface area contributed by atoms with E-state index in [0.717, 1.165) is 5.56 Å². The highest BCUT2D eigenvalue weighted by atomic mass is 19.1. The molecule has 1 fully saturated rings. The van der Waals surface area contributed by atoms with Crippen molar-refractivity contribution in [2.75, 3.05) is 14.2 Å². The van der Waals surface area contributed by atoms with E-state index in [0.29, 0.717) is 30.8 Å². The van der Waals surface area contributed by atoms with Crippen molar-refractivity contribution in [3.8, 4) is 5.75 Å². The van der Waals surface area contributed by atoms with Crippen molar-refractivity contribution in [2.45, 2.75) is 31.3 Å². The van der Waals surface area contributed by atoms with Gasteiger partial charge in [-0.15, -0.1) is 0 Å². The number of methoxy groups -OCH3 is 2. The molecule has 0 heterocycles. The Kier molecular flexibility index (Phi) is 3.75. The van der Waals surface area contributed by atoms with Crippen LogP contribution in [-0.2, 0) is 21.6 Å². The summed E-state index contributed by atoms with van der Waals surface area (Å²) in [5.41, 5.74) is 0.644. The second-order valence-electron chi connectivity index (χ2n) is 4.93. The highest BCUT2D eigenvalue weighted by Gasteiger charge is 2.47. The van der Waals surface area contributed by atoms with Crippen molar-refractivity contribution in [3.05, 3.63) is 29.1 Å². The van der Waals surface area contributed by atoms with E-state index in [-0.39, 0.29) is 6.42 Å². The normalized spacial score (nSPS) is 16.2. The van der Waals surface area contributed by atoms with Crippen LogP contribution in [0.5, 0.6) is 5.75 Å². The SMILES string of the molecule is COCc1cc(C2(CC(=O)O)CC2)c(F)cc1OC. The molecule has 0 aromatic heterocycles. The van der Waals surface area contributed by atoms with Crippen molar-refractivity contribution in [1.82, 2.24) is 0 Å². The third-order valence-electron chi connectivity index (χ3n) is 3.58. The Bertz CT molecular complexity index is 494. The number of rotatable bonds is 6. The van der Waals surface area contributed by atoms with Crippen molar-refractivity contribution >= 4 is 5.97 Å². The zero-order valence-corrected chi connectivity index (χ0v) is 11.0. The van der Waals surface area contributed by atoms with Crippen molar-refractivity contribution < 1.29 is 23.8 Å². The number of hydrogen-bond donors (Lipinski definition) is 1. The smallest absolute Gasteiger partial charge is 0.304 e. The van der Waals surface area contributed by atoms with Crippen molar-refractivity contribution in [3.63, 3.8) is 0 Å². The number of benzene rings is 1. The Labute approximate surface area is 111 Å². The van der Waals surface area contributed by atoms with E-state index in [1.54, 1.807) is 13.2 Å². The van der Waals surface area contributed by atoms with Gasteiger partial charge in [-0.05, 0) is 24.5 Å². The molecular weight excluding hydrogens is 251 g/mol. The summed E-state index contributed by atoms with van der Waals surface area (Å²) in [6, 6.07) is 2.99. The fraction of sp³-hybridized carbons (Fsp3) is 0.500. The van der Waals surface area contributed by atoms with E-state index in [1.165, 1.54) is 13.2 Å². The van der Waals surface area contributed by atoms with Gasteiger partial charge in [-0.2, -0.15) is 0 Å². The lowest BCUT2D eigenvalue weighted by Crippen LogP contribution is -2.15. The first-order valence-corrected chi connectivity index (χ1v) is 6.10. The van der Waals surface area contributed by atoms with Crippen LogP contribution in [0.3, 0.4) is 0 Å². The van der Waals surface area contributed by atoms with Crippen LogP contribution in [0.15, 0.2) is 12.1 Å². The molecule has 5 heteroatoms. The molecule has 1 aromatic carbocycles. The Morgan fingerprint density at radius 1 is 1.42 bits per heavy atom. The van der Waals surface area contributed by atoms with Crippen LogP contribution < -0.4 is 4.74 Å². The van der Waals surface area contributed by atoms with Crippen LogP contribution in [0.25, 0.3) is 0 Å². The molecule has 1 aliphatic rings. The third kappa shape index (κ3) is 2.71. The van der Waals surface area contributed by atoms with Crippen molar-refractivity contribution in [2.24, 2.45) is 0 Å². The van der Waals surface area contributed by atoms with Gasteiger partial charge in [-0.1, -0.05) is 0 Å². The Morgan fingerprint density at radius 2 is 2.11 bits per heavy atom. The van der Waals surface area contributed by atoms with E-state index < -0.39 is 17.2 Å². The Morgan fingerprint density at radius 3 is 2.58 bits per heavy atom. The summed E-state index contributed by atoms with van der Waals surface area (Å²) in [5, 5.41) is 8.94. The van der Waals surface area contributed by atoms with Gasteiger partial charge in [-0.25, -0.2) is 4.39 Å². The monoisotopic (exact) mass is 268 g/mol. The first-order chi connectivity index (χ1) is 9.02. The molecule has 104 valence electrons. The van der Waals surface area contributed by atoms with Gasteiger partial charge in [0.05, 0.1) is 20.1 Å². The van der Waals surface area contributed by atoms with Gasteiger partial charge in [0.1, 0.15) is 11.6 Å². The van der Waals surface area contributed by atoms with E-state index in [4.69, 9.17) is 14.6 Å². The second-order valence-corrected chi connectivity index (χ2v) is 4.93. The topological polar surface area (TPSA) is 55.8 Å². The number of aliphatic carboxylic acids is 1.